The number of aryl methyl sites for hydroxylation is 3. The molecule has 0 saturated heterocycles. The zero-order chi connectivity index (χ0) is 19.0. The highest BCUT2D eigenvalue weighted by Crippen LogP contribution is 2.26. The molecule has 3 aromatic heterocycles. The Bertz CT molecular complexity index is 1000. The molecular weight excluding hydrogens is 356 g/mol. The second-order valence-corrected chi connectivity index (χ2v) is 6.91. The summed E-state index contributed by atoms with van der Waals surface area (Å²) in [4.78, 5) is 28.8. The van der Waals surface area contributed by atoms with E-state index in [1.807, 2.05) is 20.9 Å². The fourth-order valence-corrected chi connectivity index (χ4v) is 3.41. The number of carbonyl (C=O) groups is 2. The van der Waals surface area contributed by atoms with Crippen molar-refractivity contribution in [3.63, 3.8) is 0 Å². The van der Waals surface area contributed by atoms with Crippen molar-refractivity contribution in [1.82, 2.24) is 25.0 Å². The van der Waals surface area contributed by atoms with E-state index in [0.29, 0.717) is 15.7 Å². The molecule has 0 bridgehead atoms. The molecule has 0 atom stereocenters. The molecule has 3 rings (SSSR count). The summed E-state index contributed by atoms with van der Waals surface area (Å²) in [6.45, 7) is 5.57. The highest BCUT2D eigenvalue weighted by atomic mass is 32.1. The molecule has 9 nitrogen and oxygen atoms in total. The maximum absolute atomic E-state index is 12.4. The Morgan fingerprint density at radius 2 is 2.04 bits per heavy atom. The number of anilines is 1. The second kappa shape index (κ2) is 6.71. The maximum Gasteiger partial charge on any atom is 0.357 e. The SMILES string of the molecule is COC(=O)c1nc(NC(=O)c2cc(-c3c(C)nn(C)c3C)n[nH]2)sc1C. The predicted molar refractivity (Wildman–Crippen MR) is 96.4 cm³/mol. The van der Waals surface area contributed by atoms with Gasteiger partial charge in [0.2, 0.25) is 0 Å². The minimum Gasteiger partial charge on any atom is -0.464 e. The number of nitrogens with one attached hydrogen (secondary N) is 2. The molecule has 0 aromatic carbocycles. The van der Waals surface area contributed by atoms with E-state index in [2.05, 4.69) is 30.3 Å². The van der Waals surface area contributed by atoms with Gasteiger partial charge in [-0.25, -0.2) is 9.78 Å². The van der Waals surface area contributed by atoms with E-state index >= 15 is 0 Å². The van der Waals surface area contributed by atoms with Gasteiger partial charge in [-0.2, -0.15) is 10.2 Å². The first-order valence-corrected chi connectivity index (χ1v) is 8.56. The van der Waals surface area contributed by atoms with Crippen LogP contribution in [0.5, 0.6) is 0 Å². The quantitative estimate of drug-likeness (QED) is 0.677. The number of carbonyl (C=O) groups excluding carboxylic acids is 2. The summed E-state index contributed by atoms with van der Waals surface area (Å²) in [5.74, 6) is -0.932. The minimum atomic E-state index is -0.536. The highest BCUT2D eigenvalue weighted by Gasteiger charge is 2.20. The van der Waals surface area contributed by atoms with E-state index in [-0.39, 0.29) is 11.4 Å². The van der Waals surface area contributed by atoms with Crippen molar-refractivity contribution in [2.45, 2.75) is 20.8 Å². The number of rotatable bonds is 4. The van der Waals surface area contributed by atoms with Gasteiger partial charge >= 0.3 is 5.97 Å². The maximum atomic E-state index is 12.4. The van der Waals surface area contributed by atoms with E-state index in [1.54, 1.807) is 17.7 Å². The number of aromatic amines is 1. The number of H-pyrrole nitrogens is 1. The van der Waals surface area contributed by atoms with E-state index in [4.69, 9.17) is 0 Å². The van der Waals surface area contributed by atoms with Gasteiger partial charge in [-0.15, -0.1) is 11.3 Å². The number of ether oxygens (including phenoxy) is 1. The van der Waals surface area contributed by atoms with Crippen molar-refractivity contribution < 1.29 is 14.3 Å². The average Bonchev–Trinajstić information content (AvgIpc) is 3.26. The number of thiazole rings is 1. The zero-order valence-corrected chi connectivity index (χ0v) is 15.8. The molecule has 10 heteroatoms. The van der Waals surface area contributed by atoms with Crippen LogP contribution >= 0.6 is 11.3 Å². The molecule has 0 aliphatic rings. The summed E-state index contributed by atoms with van der Waals surface area (Å²) in [6.07, 6.45) is 0. The number of hydrogen-bond acceptors (Lipinski definition) is 7. The summed E-state index contributed by atoms with van der Waals surface area (Å²) >= 11 is 1.20. The molecule has 0 unspecified atom stereocenters. The molecule has 0 aliphatic heterocycles. The van der Waals surface area contributed by atoms with Crippen LogP contribution in [0.25, 0.3) is 11.3 Å². The zero-order valence-electron chi connectivity index (χ0n) is 15.0. The van der Waals surface area contributed by atoms with Gasteiger partial charge in [-0.3, -0.25) is 19.9 Å². The summed E-state index contributed by atoms with van der Waals surface area (Å²) in [6, 6.07) is 1.66. The van der Waals surface area contributed by atoms with Crippen molar-refractivity contribution in [3.05, 3.63) is 33.7 Å². The Labute approximate surface area is 153 Å². The van der Waals surface area contributed by atoms with Crippen molar-refractivity contribution in [3.8, 4) is 11.3 Å². The van der Waals surface area contributed by atoms with Crippen molar-refractivity contribution in [2.75, 3.05) is 12.4 Å². The van der Waals surface area contributed by atoms with Crippen molar-refractivity contribution in [2.24, 2.45) is 7.05 Å². The van der Waals surface area contributed by atoms with Gasteiger partial charge in [-0.1, -0.05) is 0 Å². The van der Waals surface area contributed by atoms with Crippen LogP contribution in [0.3, 0.4) is 0 Å². The van der Waals surface area contributed by atoms with Gasteiger partial charge in [0.1, 0.15) is 5.69 Å². The average molecular weight is 374 g/mol. The third kappa shape index (κ3) is 3.10. The smallest absolute Gasteiger partial charge is 0.357 e. The molecule has 0 radical (unpaired) electrons. The summed E-state index contributed by atoms with van der Waals surface area (Å²) in [5, 5.41) is 14.3. The van der Waals surface area contributed by atoms with Gasteiger partial charge < -0.3 is 4.74 Å². The molecule has 0 saturated carbocycles. The van der Waals surface area contributed by atoms with Crippen molar-refractivity contribution >= 4 is 28.3 Å². The van der Waals surface area contributed by atoms with E-state index < -0.39 is 11.9 Å². The Morgan fingerprint density at radius 1 is 1.31 bits per heavy atom. The van der Waals surface area contributed by atoms with Crippen LogP contribution in [0.4, 0.5) is 5.13 Å². The van der Waals surface area contributed by atoms with Gasteiger partial charge in [0.15, 0.2) is 10.8 Å². The van der Waals surface area contributed by atoms with E-state index in [9.17, 15) is 9.59 Å². The number of aromatic nitrogens is 5. The van der Waals surface area contributed by atoms with E-state index in [1.165, 1.54) is 18.4 Å². The lowest BCUT2D eigenvalue weighted by Gasteiger charge is -1.98. The van der Waals surface area contributed by atoms with Crippen LogP contribution in [0.1, 0.15) is 37.2 Å². The third-order valence-corrected chi connectivity index (χ3v) is 4.87. The van der Waals surface area contributed by atoms with Crippen LogP contribution in [-0.2, 0) is 11.8 Å². The molecule has 26 heavy (non-hydrogen) atoms. The molecule has 0 fully saturated rings. The highest BCUT2D eigenvalue weighted by molar-refractivity contribution is 7.16. The molecule has 136 valence electrons. The third-order valence-electron chi connectivity index (χ3n) is 3.98. The topological polar surface area (TPSA) is 115 Å². The molecular formula is C16H18N6O3S. The van der Waals surface area contributed by atoms with Crippen molar-refractivity contribution in [1.29, 1.82) is 0 Å². The molecule has 2 N–H and O–H groups in total. The normalized spacial score (nSPS) is 10.8. The monoisotopic (exact) mass is 374 g/mol. The number of amides is 1. The van der Waals surface area contributed by atoms with E-state index in [0.717, 1.165) is 17.0 Å². The predicted octanol–water partition coefficient (Wildman–Crippen LogP) is 2.23. The fraction of sp³-hybridized carbons (Fsp3) is 0.312. The Morgan fingerprint density at radius 3 is 2.65 bits per heavy atom. The largest absolute Gasteiger partial charge is 0.464 e. The second-order valence-electron chi connectivity index (χ2n) is 5.71. The van der Waals surface area contributed by atoms with Crippen LogP contribution < -0.4 is 5.32 Å². The molecule has 1 amide bonds. The lowest BCUT2D eigenvalue weighted by molar-refractivity contribution is 0.0594. The number of esters is 1. The van der Waals surface area contributed by atoms with Gasteiger partial charge in [0.05, 0.1) is 18.5 Å². The summed E-state index contributed by atoms with van der Waals surface area (Å²) in [7, 11) is 3.14. The Balaban J connectivity index is 1.82. The number of nitrogens with zero attached hydrogens (tertiary/aromatic N) is 4. The Hall–Kier alpha value is -3.01. The Kier molecular flexibility index (Phi) is 4.60. The first-order valence-electron chi connectivity index (χ1n) is 7.75. The first kappa shape index (κ1) is 17.8. The molecule has 0 aliphatic carbocycles. The molecule has 0 spiro atoms. The lowest BCUT2D eigenvalue weighted by Crippen LogP contribution is -2.12. The summed E-state index contributed by atoms with van der Waals surface area (Å²) < 4.78 is 6.43. The van der Waals surface area contributed by atoms with Crippen LogP contribution in [-0.4, -0.2) is 43.9 Å². The molecule has 3 aromatic rings. The molecule has 3 heterocycles. The summed E-state index contributed by atoms with van der Waals surface area (Å²) in [5.41, 5.74) is 3.81. The fourth-order valence-electron chi connectivity index (χ4n) is 2.61. The van der Waals surface area contributed by atoms with Crippen LogP contribution in [0.15, 0.2) is 6.07 Å². The minimum absolute atomic E-state index is 0.194. The van der Waals surface area contributed by atoms with Gasteiger partial charge in [0, 0.05) is 23.2 Å². The lowest BCUT2D eigenvalue weighted by atomic mass is 10.1. The van der Waals surface area contributed by atoms with Crippen LogP contribution in [0.2, 0.25) is 0 Å². The van der Waals surface area contributed by atoms with Gasteiger partial charge in [0.25, 0.3) is 5.91 Å². The standard InChI is InChI=1S/C16H18N6O3S/c1-7-12(8(2)22(4)21-7)10-6-11(20-19-10)14(23)18-16-17-13(9(3)26-16)15(24)25-5/h6H,1-5H3,(H,19,20)(H,17,18,23). The van der Waals surface area contributed by atoms with Crippen LogP contribution in [0, 0.1) is 20.8 Å². The van der Waals surface area contributed by atoms with Gasteiger partial charge in [-0.05, 0) is 26.8 Å². The number of hydrogen-bond donors (Lipinski definition) is 2. The number of methoxy groups -OCH3 is 1. The first-order chi connectivity index (χ1) is 12.3.